The molecule has 1 amide bonds. The van der Waals surface area contributed by atoms with Gasteiger partial charge in [0.2, 0.25) is 5.91 Å². The third kappa shape index (κ3) is 5.61. The lowest BCUT2D eigenvalue weighted by Crippen LogP contribution is -2.56. The molecule has 34 heavy (non-hydrogen) atoms. The van der Waals surface area contributed by atoms with E-state index in [1.165, 1.54) is 12.1 Å². The normalized spacial score (nSPS) is 20.4. The van der Waals surface area contributed by atoms with Gasteiger partial charge in [-0.2, -0.15) is 0 Å². The van der Waals surface area contributed by atoms with Gasteiger partial charge in [0.15, 0.2) is 0 Å². The Morgan fingerprint density at radius 1 is 1.06 bits per heavy atom. The first-order valence-corrected chi connectivity index (χ1v) is 11.9. The summed E-state index contributed by atoms with van der Waals surface area (Å²) in [5.41, 5.74) is 1.80. The molecular formula is C27H26Cl2FNO3. The Kier molecular flexibility index (Phi) is 7.89. The lowest BCUT2D eigenvalue weighted by molar-refractivity contribution is -0.195. The fourth-order valence-electron chi connectivity index (χ4n) is 4.30. The van der Waals surface area contributed by atoms with E-state index in [-0.39, 0.29) is 12.5 Å². The van der Waals surface area contributed by atoms with E-state index in [9.17, 15) is 9.18 Å². The fraction of sp³-hybridized carbons (Fsp3) is 0.296. The summed E-state index contributed by atoms with van der Waals surface area (Å²) in [6.07, 6.45) is 0.0548. The zero-order valence-corrected chi connectivity index (χ0v) is 20.4. The van der Waals surface area contributed by atoms with Gasteiger partial charge in [-0.3, -0.25) is 4.79 Å². The maximum absolute atomic E-state index is 13.5. The van der Waals surface area contributed by atoms with Gasteiger partial charge in [0, 0.05) is 29.9 Å². The molecule has 0 radical (unpaired) electrons. The summed E-state index contributed by atoms with van der Waals surface area (Å²) in [6, 6.07) is 21.7. The van der Waals surface area contributed by atoms with E-state index in [0.29, 0.717) is 41.7 Å². The zero-order chi connectivity index (χ0) is 24.1. The van der Waals surface area contributed by atoms with Crippen LogP contribution in [0.3, 0.4) is 0 Å². The van der Waals surface area contributed by atoms with Crippen molar-refractivity contribution in [3.05, 3.63) is 105 Å². The Morgan fingerprint density at radius 3 is 2.47 bits per heavy atom. The van der Waals surface area contributed by atoms with Crippen molar-refractivity contribution in [3.8, 4) is 0 Å². The van der Waals surface area contributed by atoms with Gasteiger partial charge in [-0.05, 0) is 41.0 Å². The van der Waals surface area contributed by atoms with Crippen molar-refractivity contribution in [1.29, 1.82) is 0 Å². The highest BCUT2D eigenvalue weighted by atomic mass is 35.5. The van der Waals surface area contributed by atoms with Gasteiger partial charge in [0.05, 0.1) is 19.8 Å². The molecule has 0 spiro atoms. The summed E-state index contributed by atoms with van der Waals surface area (Å²) in [5.74, 6) is -0.433. The molecule has 0 aliphatic carbocycles. The first kappa shape index (κ1) is 24.7. The summed E-state index contributed by atoms with van der Waals surface area (Å²) >= 11 is 12.4. The minimum Gasteiger partial charge on any atom is -0.368 e. The summed E-state index contributed by atoms with van der Waals surface area (Å²) in [7, 11) is 0. The topological polar surface area (TPSA) is 38.8 Å². The van der Waals surface area contributed by atoms with Gasteiger partial charge in [-0.25, -0.2) is 4.39 Å². The van der Waals surface area contributed by atoms with Crippen LogP contribution in [0.1, 0.15) is 30.0 Å². The van der Waals surface area contributed by atoms with Crippen LogP contribution in [-0.2, 0) is 33.1 Å². The first-order chi connectivity index (χ1) is 16.4. The average Bonchev–Trinajstić information content (AvgIpc) is 2.83. The second-order valence-electron chi connectivity index (χ2n) is 8.42. The molecule has 1 aliphatic rings. The fourth-order valence-corrected chi connectivity index (χ4v) is 4.65. The molecule has 1 heterocycles. The van der Waals surface area contributed by atoms with Gasteiger partial charge in [-0.15, -0.1) is 0 Å². The number of likely N-dealkylation sites (tertiary alicyclic amines) is 1. The predicted octanol–water partition coefficient (Wildman–Crippen LogP) is 6.38. The average molecular weight is 502 g/mol. The summed E-state index contributed by atoms with van der Waals surface area (Å²) in [5, 5.41) is 0.917. The second kappa shape index (κ2) is 10.9. The predicted molar refractivity (Wildman–Crippen MR) is 131 cm³/mol. The van der Waals surface area contributed by atoms with Crippen LogP contribution in [0.4, 0.5) is 4.39 Å². The Labute approximate surface area is 209 Å². The number of carbonyl (C=O) groups excluding carboxylic acids is 1. The van der Waals surface area contributed by atoms with E-state index >= 15 is 0 Å². The standard InChI is InChI=1S/C27H26Cl2FNO3/c1-19(32)31-14-13-27(22-8-10-23(28)11-9-22,34-17-20-5-3-2-4-6-20)26(16-31)33-18-21-7-12-24(30)15-25(21)29/h2-12,15,26H,13-14,16-18H2,1H3/t26-,27+/m0/s1. The van der Waals surface area contributed by atoms with Crippen molar-refractivity contribution in [3.63, 3.8) is 0 Å². The maximum Gasteiger partial charge on any atom is 0.219 e. The SMILES string of the molecule is CC(=O)N1CC[C@@](OCc2ccccc2)(c2ccc(Cl)cc2)[C@@H](OCc2ccc(F)cc2Cl)C1. The van der Waals surface area contributed by atoms with Crippen LogP contribution >= 0.6 is 23.2 Å². The molecule has 1 saturated heterocycles. The Bertz CT molecular complexity index is 1130. The van der Waals surface area contributed by atoms with Crippen LogP contribution in [0.25, 0.3) is 0 Å². The molecule has 1 aliphatic heterocycles. The minimum absolute atomic E-state index is 0.0267. The molecule has 3 aromatic rings. The summed E-state index contributed by atoms with van der Waals surface area (Å²) in [6.45, 7) is 2.96. The molecular weight excluding hydrogens is 476 g/mol. The third-order valence-electron chi connectivity index (χ3n) is 6.23. The molecule has 7 heteroatoms. The first-order valence-electron chi connectivity index (χ1n) is 11.1. The third-order valence-corrected chi connectivity index (χ3v) is 6.84. The van der Waals surface area contributed by atoms with Crippen molar-refractivity contribution in [2.75, 3.05) is 13.1 Å². The van der Waals surface area contributed by atoms with Gasteiger partial charge < -0.3 is 14.4 Å². The van der Waals surface area contributed by atoms with Crippen LogP contribution in [0.15, 0.2) is 72.8 Å². The summed E-state index contributed by atoms with van der Waals surface area (Å²) < 4.78 is 26.6. The van der Waals surface area contributed by atoms with E-state index in [1.54, 1.807) is 17.9 Å². The maximum atomic E-state index is 13.5. The number of amides is 1. The molecule has 0 bridgehead atoms. The van der Waals surface area contributed by atoms with Crippen molar-refractivity contribution in [2.24, 2.45) is 0 Å². The number of benzene rings is 3. The van der Waals surface area contributed by atoms with E-state index < -0.39 is 17.5 Å². The number of piperidine rings is 1. The highest BCUT2D eigenvalue weighted by Gasteiger charge is 2.47. The van der Waals surface area contributed by atoms with Crippen LogP contribution in [-0.4, -0.2) is 30.0 Å². The molecule has 1 fully saturated rings. The van der Waals surface area contributed by atoms with Crippen LogP contribution < -0.4 is 0 Å². The number of nitrogens with zero attached hydrogens (tertiary/aromatic N) is 1. The van der Waals surface area contributed by atoms with Gasteiger partial charge in [-0.1, -0.05) is 71.7 Å². The summed E-state index contributed by atoms with van der Waals surface area (Å²) in [4.78, 5) is 14.0. The van der Waals surface area contributed by atoms with Crippen LogP contribution in [0.5, 0.6) is 0 Å². The number of hydrogen-bond acceptors (Lipinski definition) is 3. The molecule has 0 saturated carbocycles. The highest BCUT2D eigenvalue weighted by molar-refractivity contribution is 6.31. The Hall–Kier alpha value is -2.44. The van der Waals surface area contributed by atoms with Gasteiger partial charge in [0.1, 0.15) is 17.5 Å². The van der Waals surface area contributed by atoms with E-state index in [1.807, 2.05) is 54.6 Å². The van der Waals surface area contributed by atoms with Gasteiger partial charge >= 0.3 is 0 Å². The molecule has 2 atom stereocenters. The lowest BCUT2D eigenvalue weighted by Gasteiger charge is -2.47. The Morgan fingerprint density at radius 2 is 1.79 bits per heavy atom. The number of rotatable bonds is 7. The number of ether oxygens (including phenoxy) is 2. The van der Waals surface area contributed by atoms with Crippen molar-refractivity contribution in [2.45, 2.75) is 38.3 Å². The smallest absolute Gasteiger partial charge is 0.219 e. The number of hydrogen-bond donors (Lipinski definition) is 0. The number of carbonyl (C=O) groups is 1. The molecule has 0 aromatic heterocycles. The van der Waals surface area contributed by atoms with E-state index in [0.717, 1.165) is 11.1 Å². The van der Waals surface area contributed by atoms with Gasteiger partial charge in [0.25, 0.3) is 0 Å². The molecule has 4 nitrogen and oxygen atoms in total. The lowest BCUT2D eigenvalue weighted by atomic mass is 9.81. The van der Waals surface area contributed by atoms with E-state index in [4.69, 9.17) is 32.7 Å². The number of halogens is 3. The molecule has 178 valence electrons. The zero-order valence-electron chi connectivity index (χ0n) is 18.8. The monoisotopic (exact) mass is 501 g/mol. The van der Waals surface area contributed by atoms with E-state index in [2.05, 4.69) is 0 Å². The highest BCUT2D eigenvalue weighted by Crippen LogP contribution is 2.40. The second-order valence-corrected chi connectivity index (χ2v) is 9.26. The molecule has 4 rings (SSSR count). The molecule has 0 unspecified atom stereocenters. The molecule has 3 aromatic carbocycles. The molecule has 0 N–H and O–H groups in total. The largest absolute Gasteiger partial charge is 0.368 e. The van der Waals surface area contributed by atoms with Crippen LogP contribution in [0.2, 0.25) is 10.0 Å². The Balaban J connectivity index is 1.68. The van der Waals surface area contributed by atoms with Crippen molar-refractivity contribution >= 4 is 29.1 Å². The quantitative estimate of drug-likeness (QED) is 0.376. The van der Waals surface area contributed by atoms with Crippen LogP contribution in [0, 0.1) is 5.82 Å². The van der Waals surface area contributed by atoms with Crippen molar-refractivity contribution < 1.29 is 18.7 Å². The van der Waals surface area contributed by atoms with Crippen molar-refractivity contribution in [1.82, 2.24) is 4.90 Å². The minimum atomic E-state index is -0.821.